The Balaban J connectivity index is 2.33. The lowest BCUT2D eigenvalue weighted by atomic mass is 10.2. The molecule has 0 atom stereocenters. The number of rotatable bonds is 5. The van der Waals surface area contributed by atoms with Crippen LogP contribution in [0.5, 0.6) is 0 Å². The van der Waals surface area contributed by atoms with Crippen molar-refractivity contribution in [2.75, 3.05) is 0 Å². The van der Waals surface area contributed by atoms with Crippen LogP contribution in [0.1, 0.15) is 19.8 Å². The molecule has 3 rings (SSSR count). The number of aryl methyl sites for hydroxylation is 1. The van der Waals surface area contributed by atoms with Crippen molar-refractivity contribution in [2.45, 2.75) is 36.1 Å². The highest BCUT2D eigenvalue weighted by molar-refractivity contribution is 7.91. The van der Waals surface area contributed by atoms with E-state index in [0.717, 1.165) is 18.6 Å². The van der Waals surface area contributed by atoms with E-state index in [1.165, 1.54) is 35.0 Å². The second-order valence-electron chi connectivity index (χ2n) is 6.11. The summed E-state index contributed by atoms with van der Waals surface area (Å²) < 4.78 is 54.8. The minimum atomic E-state index is -4.16. The molecule has 0 unspecified atom stereocenters. The van der Waals surface area contributed by atoms with Crippen LogP contribution in [0.3, 0.4) is 0 Å². The molecule has 27 heavy (non-hydrogen) atoms. The Kier molecular flexibility index (Phi) is 5.35. The fourth-order valence-corrected chi connectivity index (χ4v) is 4.30. The summed E-state index contributed by atoms with van der Waals surface area (Å²) in [4.78, 5) is 12.2. The predicted molar refractivity (Wildman–Crippen MR) is 99.9 cm³/mol. The third kappa shape index (κ3) is 3.61. The van der Waals surface area contributed by atoms with Crippen molar-refractivity contribution in [2.24, 2.45) is 0 Å². The van der Waals surface area contributed by atoms with Crippen LogP contribution < -0.4 is 5.43 Å². The zero-order chi connectivity index (χ0) is 19.8. The van der Waals surface area contributed by atoms with Crippen molar-refractivity contribution in [3.05, 3.63) is 69.5 Å². The molecule has 0 saturated carbocycles. The van der Waals surface area contributed by atoms with E-state index in [9.17, 15) is 22.0 Å². The molecule has 0 spiro atoms. The van der Waals surface area contributed by atoms with E-state index in [1.807, 2.05) is 6.92 Å². The zero-order valence-electron chi connectivity index (χ0n) is 14.4. The molecule has 0 fully saturated rings. The second-order valence-corrected chi connectivity index (χ2v) is 8.46. The third-order valence-electron chi connectivity index (χ3n) is 4.26. The molecule has 2 aromatic carbocycles. The first-order valence-corrected chi connectivity index (χ1v) is 10.1. The van der Waals surface area contributed by atoms with Crippen molar-refractivity contribution in [3.8, 4) is 0 Å². The maximum Gasteiger partial charge on any atom is 0.211 e. The first-order valence-electron chi connectivity index (χ1n) is 8.28. The molecule has 0 bridgehead atoms. The fourth-order valence-electron chi connectivity index (χ4n) is 2.80. The van der Waals surface area contributed by atoms with E-state index in [4.69, 9.17) is 11.6 Å². The highest BCUT2D eigenvalue weighted by Gasteiger charge is 2.24. The minimum Gasteiger partial charge on any atom is -0.346 e. The number of pyridine rings is 1. The Bertz CT molecular complexity index is 1170. The number of aromatic nitrogens is 1. The predicted octanol–water partition coefficient (Wildman–Crippen LogP) is 4.57. The van der Waals surface area contributed by atoms with E-state index in [1.54, 1.807) is 0 Å². The van der Waals surface area contributed by atoms with Crippen LogP contribution >= 0.6 is 11.6 Å². The van der Waals surface area contributed by atoms with Gasteiger partial charge in [0.1, 0.15) is 4.90 Å². The largest absolute Gasteiger partial charge is 0.346 e. The molecular weight excluding hydrogens is 396 g/mol. The topological polar surface area (TPSA) is 56.1 Å². The van der Waals surface area contributed by atoms with Gasteiger partial charge in [0.2, 0.25) is 15.3 Å². The first-order chi connectivity index (χ1) is 12.8. The monoisotopic (exact) mass is 411 g/mol. The smallest absolute Gasteiger partial charge is 0.211 e. The number of hydrogen-bond acceptors (Lipinski definition) is 3. The molecule has 0 aliphatic heterocycles. The molecule has 0 amide bonds. The standard InChI is InChI=1S/C19H16ClF2NO3S/c1-2-3-8-23-11-18(27(25,26)13-6-4-12(20)5-7-13)19(24)14-9-15(21)16(22)10-17(14)23/h4-7,9-11H,2-3,8H2,1H3. The highest BCUT2D eigenvalue weighted by atomic mass is 35.5. The van der Waals surface area contributed by atoms with Crippen LogP contribution in [0.4, 0.5) is 8.78 Å². The molecule has 0 aliphatic carbocycles. The van der Waals surface area contributed by atoms with Crippen LogP contribution in [0.25, 0.3) is 10.9 Å². The number of unbranched alkanes of at least 4 members (excludes halogenated alkanes) is 1. The van der Waals surface area contributed by atoms with E-state index >= 15 is 0 Å². The molecule has 142 valence electrons. The van der Waals surface area contributed by atoms with Gasteiger partial charge < -0.3 is 4.57 Å². The van der Waals surface area contributed by atoms with E-state index < -0.39 is 31.8 Å². The van der Waals surface area contributed by atoms with Gasteiger partial charge in [-0.05, 0) is 36.8 Å². The van der Waals surface area contributed by atoms with Crippen LogP contribution in [-0.4, -0.2) is 13.0 Å². The number of hydrogen-bond donors (Lipinski definition) is 0. The average Bonchev–Trinajstić information content (AvgIpc) is 2.63. The van der Waals surface area contributed by atoms with Crippen LogP contribution in [0.15, 0.2) is 57.2 Å². The van der Waals surface area contributed by atoms with Gasteiger partial charge in [0.25, 0.3) is 0 Å². The van der Waals surface area contributed by atoms with E-state index in [-0.39, 0.29) is 15.8 Å². The zero-order valence-corrected chi connectivity index (χ0v) is 15.9. The average molecular weight is 412 g/mol. The Morgan fingerprint density at radius 1 is 1.07 bits per heavy atom. The summed E-state index contributed by atoms with van der Waals surface area (Å²) in [5.41, 5.74) is -0.714. The number of nitrogens with zero attached hydrogens (tertiary/aromatic N) is 1. The quantitative estimate of drug-likeness (QED) is 0.618. The Morgan fingerprint density at radius 3 is 2.33 bits per heavy atom. The lowest BCUT2D eigenvalue weighted by Gasteiger charge is -2.14. The number of halogens is 3. The Labute approximate surface area is 159 Å². The lowest BCUT2D eigenvalue weighted by molar-refractivity contribution is 0.509. The van der Waals surface area contributed by atoms with Crippen LogP contribution in [0, 0.1) is 11.6 Å². The van der Waals surface area contributed by atoms with Gasteiger partial charge in [-0.1, -0.05) is 24.9 Å². The third-order valence-corrected chi connectivity index (χ3v) is 6.27. The number of sulfone groups is 1. The van der Waals surface area contributed by atoms with E-state index in [2.05, 4.69) is 0 Å². The molecule has 1 heterocycles. The molecule has 0 radical (unpaired) electrons. The Morgan fingerprint density at radius 2 is 1.70 bits per heavy atom. The molecular formula is C19H16ClF2NO3S. The van der Waals surface area contributed by atoms with Gasteiger partial charge in [-0.2, -0.15) is 0 Å². The van der Waals surface area contributed by atoms with Crippen molar-refractivity contribution < 1.29 is 17.2 Å². The molecule has 0 N–H and O–H groups in total. The van der Waals surface area contributed by atoms with Gasteiger partial charge in [0.05, 0.1) is 15.8 Å². The van der Waals surface area contributed by atoms with Gasteiger partial charge >= 0.3 is 0 Å². The number of fused-ring (bicyclic) bond motifs is 1. The van der Waals surface area contributed by atoms with E-state index in [0.29, 0.717) is 18.0 Å². The molecule has 3 aromatic rings. The molecule has 0 aliphatic rings. The normalized spacial score (nSPS) is 11.9. The summed E-state index contributed by atoms with van der Waals surface area (Å²) >= 11 is 5.79. The van der Waals surface area contributed by atoms with Gasteiger partial charge in [-0.3, -0.25) is 4.79 Å². The summed E-state index contributed by atoms with van der Waals surface area (Å²) in [7, 11) is -4.16. The van der Waals surface area contributed by atoms with Gasteiger partial charge in [0, 0.05) is 23.8 Å². The lowest BCUT2D eigenvalue weighted by Crippen LogP contribution is -2.20. The fraction of sp³-hybridized carbons (Fsp3) is 0.211. The Hall–Kier alpha value is -2.25. The summed E-state index contributed by atoms with van der Waals surface area (Å²) in [6.07, 6.45) is 2.68. The second kappa shape index (κ2) is 7.40. The molecule has 8 heteroatoms. The van der Waals surface area contributed by atoms with Gasteiger partial charge in [0.15, 0.2) is 11.6 Å². The van der Waals surface area contributed by atoms with Crippen LogP contribution in [0.2, 0.25) is 5.02 Å². The van der Waals surface area contributed by atoms with Crippen molar-refractivity contribution in [3.63, 3.8) is 0 Å². The van der Waals surface area contributed by atoms with Crippen molar-refractivity contribution in [1.29, 1.82) is 0 Å². The summed E-state index contributed by atoms with van der Waals surface area (Å²) in [5, 5.41) is 0.172. The minimum absolute atomic E-state index is 0.104. The van der Waals surface area contributed by atoms with Gasteiger partial charge in [-0.15, -0.1) is 0 Å². The SMILES string of the molecule is CCCCn1cc(S(=O)(=O)c2ccc(Cl)cc2)c(=O)c2cc(F)c(F)cc21. The van der Waals surface area contributed by atoms with Gasteiger partial charge in [-0.25, -0.2) is 17.2 Å². The maximum absolute atomic E-state index is 13.7. The molecule has 1 aromatic heterocycles. The maximum atomic E-state index is 13.7. The summed E-state index contributed by atoms with van der Waals surface area (Å²) in [5.74, 6) is -2.30. The molecule has 0 saturated heterocycles. The summed E-state index contributed by atoms with van der Waals surface area (Å²) in [6, 6.07) is 7.06. The highest BCUT2D eigenvalue weighted by Crippen LogP contribution is 2.24. The van der Waals surface area contributed by atoms with Crippen LogP contribution in [-0.2, 0) is 16.4 Å². The first kappa shape index (κ1) is 19.5. The van der Waals surface area contributed by atoms with Crippen molar-refractivity contribution >= 4 is 32.3 Å². The number of benzene rings is 2. The summed E-state index contributed by atoms with van der Waals surface area (Å²) in [6.45, 7) is 2.30. The molecule has 4 nitrogen and oxygen atoms in total. The van der Waals surface area contributed by atoms with Crippen molar-refractivity contribution in [1.82, 2.24) is 4.57 Å².